The van der Waals surface area contributed by atoms with E-state index in [2.05, 4.69) is 25.9 Å². The molecule has 0 radical (unpaired) electrons. The van der Waals surface area contributed by atoms with E-state index in [-0.39, 0.29) is 0 Å². The molecule has 2 aromatic rings. The Hall–Kier alpha value is -1.42. The first kappa shape index (κ1) is 11.1. The lowest BCUT2D eigenvalue weighted by Crippen LogP contribution is -1.87. The van der Waals surface area contributed by atoms with Crippen molar-refractivity contribution in [3.05, 3.63) is 40.8 Å². The van der Waals surface area contributed by atoms with Crippen molar-refractivity contribution in [2.75, 3.05) is 6.61 Å². The highest BCUT2D eigenvalue weighted by molar-refractivity contribution is 9.10. The number of hydrogen-bond acceptors (Lipinski definition) is 3. The Morgan fingerprint density at radius 2 is 2.25 bits per heavy atom. The Balaban J connectivity index is 2.33. The molecular weight excluding hydrogens is 268 g/mol. The summed E-state index contributed by atoms with van der Waals surface area (Å²) in [7, 11) is 0. The van der Waals surface area contributed by atoms with E-state index in [0.717, 1.165) is 21.2 Å². The molecule has 0 N–H and O–H groups in total. The third-order valence-electron chi connectivity index (χ3n) is 2.02. The van der Waals surface area contributed by atoms with Crippen LogP contribution in [0, 0.1) is 0 Å². The SMILES string of the molecule is CCOC=Cc1cnc2cc(Br)ccc2n1. The third-order valence-corrected chi connectivity index (χ3v) is 2.52. The van der Waals surface area contributed by atoms with Crippen LogP contribution in [0.1, 0.15) is 12.6 Å². The van der Waals surface area contributed by atoms with Crippen molar-refractivity contribution >= 4 is 33.0 Å². The molecule has 0 spiro atoms. The van der Waals surface area contributed by atoms with Crippen LogP contribution in [-0.2, 0) is 4.74 Å². The molecule has 0 aliphatic rings. The van der Waals surface area contributed by atoms with Crippen LogP contribution in [0.2, 0.25) is 0 Å². The average molecular weight is 279 g/mol. The first-order chi connectivity index (χ1) is 7.79. The molecule has 0 amide bonds. The maximum atomic E-state index is 5.11. The van der Waals surface area contributed by atoms with Gasteiger partial charge in [0.1, 0.15) is 0 Å². The lowest BCUT2D eigenvalue weighted by Gasteiger charge is -1.99. The van der Waals surface area contributed by atoms with Crippen LogP contribution in [0.3, 0.4) is 0 Å². The van der Waals surface area contributed by atoms with Gasteiger partial charge in [-0.05, 0) is 31.2 Å². The Morgan fingerprint density at radius 3 is 3.06 bits per heavy atom. The van der Waals surface area contributed by atoms with Gasteiger partial charge in [-0.15, -0.1) is 0 Å². The summed E-state index contributed by atoms with van der Waals surface area (Å²) in [5, 5.41) is 0. The van der Waals surface area contributed by atoms with Gasteiger partial charge in [0.25, 0.3) is 0 Å². The fourth-order valence-corrected chi connectivity index (χ4v) is 1.64. The number of hydrogen-bond donors (Lipinski definition) is 0. The molecule has 1 aromatic carbocycles. The van der Waals surface area contributed by atoms with E-state index < -0.39 is 0 Å². The number of nitrogens with zero attached hydrogens (tertiary/aromatic N) is 2. The van der Waals surface area contributed by atoms with Crippen LogP contribution >= 0.6 is 15.9 Å². The monoisotopic (exact) mass is 278 g/mol. The molecule has 0 atom stereocenters. The summed E-state index contributed by atoms with van der Waals surface area (Å²) in [4.78, 5) is 8.76. The average Bonchev–Trinajstić information content (AvgIpc) is 2.29. The highest BCUT2D eigenvalue weighted by Gasteiger charge is 1.98. The number of aromatic nitrogens is 2. The topological polar surface area (TPSA) is 35.0 Å². The van der Waals surface area contributed by atoms with Gasteiger partial charge in [0.05, 0.1) is 35.8 Å². The number of ether oxygens (including phenoxy) is 1. The molecule has 0 bridgehead atoms. The van der Waals surface area contributed by atoms with Gasteiger partial charge in [0, 0.05) is 4.47 Å². The van der Waals surface area contributed by atoms with Crippen LogP contribution in [-0.4, -0.2) is 16.6 Å². The van der Waals surface area contributed by atoms with E-state index in [0.29, 0.717) is 6.61 Å². The van der Waals surface area contributed by atoms with Crippen molar-refractivity contribution in [1.29, 1.82) is 0 Å². The lowest BCUT2D eigenvalue weighted by atomic mass is 10.3. The molecule has 0 fully saturated rings. The molecule has 0 saturated heterocycles. The van der Waals surface area contributed by atoms with Gasteiger partial charge in [0.2, 0.25) is 0 Å². The molecule has 2 rings (SSSR count). The second kappa shape index (κ2) is 5.07. The summed E-state index contributed by atoms with van der Waals surface area (Å²) in [5.74, 6) is 0. The minimum absolute atomic E-state index is 0.657. The van der Waals surface area contributed by atoms with E-state index >= 15 is 0 Å². The largest absolute Gasteiger partial charge is 0.501 e. The minimum Gasteiger partial charge on any atom is -0.501 e. The number of halogens is 1. The van der Waals surface area contributed by atoms with E-state index in [4.69, 9.17) is 4.74 Å². The summed E-state index contributed by atoms with van der Waals surface area (Å²) in [6, 6.07) is 5.83. The van der Waals surface area contributed by atoms with Gasteiger partial charge < -0.3 is 4.74 Å². The quantitative estimate of drug-likeness (QED) is 0.808. The number of benzene rings is 1. The fraction of sp³-hybridized carbons (Fsp3) is 0.167. The van der Waals surface area contributed by atoms with Gasteiger partial charge in [-0.1, -0.05) is 15.9 Å². The molecular formula is C12H11BrN2O. The highest BCUT2D eigenvalue weighted by atomic mass is 79.9. The van der Waals surface area contributed by atoms with Gasteiger partial charge in [-0.2, -0.15) is 0 Å². The van der Waals surface area contributed by atoms with Crippen LogP contribution in [0.5, 0.6) is 0 Å². The zero-order valence-electron chi connectivity index (χ0n) is 8.85. The zero-order valence-corrected chi connectivity index (χ0v) is 10.4. The Labute approximate surface area is 102 Å². The van der Waals surface area contributed by atoms with E-state index in [1.165, 1.54) is 0 Å². The predicted octanol–water partition coefficient (Wildman–Crippen LogP) is 3.40. The lowest BCUT2D eigenvalue weighted by molar-refractivity contribution is 0.272. The summed E-state index contributed by atoms with van der Waals surface area (Å²) in [6.07, 6.45) is 5.16. The minimum atomic E-state index is 0.657. The zero-order chi connectivity index (χ0) is 11.4. The van der Waals surface area contributed by atoms with Crippen molar-refractivity contribution in [3.8, 4) is 0 Å². The van der Waals surface area contributed by atoms with Crippen molar-refractivity contribution in [3.63, 3.8) is 0 Å². The molecule has 0 saturated carbocycles. The van der Waals surface area contributed by atoms with Crippen molar-refractivity contribution in [1.82, 2.24) is 9.97 Å². The summed E-state index contributed by atoms with van der Waals surface area (Å²) in [5.41, 5.74) is 2.55. The molecule has 3 nitrogen and oxygen atoms in total. The standard InChI is InChI=1S/C12H11BrN2O/c1-2-16-6-5-10-8-14-12-7-9(13)3-4-11(12)15-10/h3-8H,2H2,1H3. The molecule has 0 unspecified atom stereocenters. The Morgan fingerprint density at radius 1 is 1.38 bits per heavy atom. The highest BCUT2D eigenvalue weighted by Crippen LogP contribution is 2.16. The Kier molecular flexibility index (Phi) is 3.51. The molecule has 0 aliphatic heterocycles. The summed E-state index contributed by atoms with van der Waals surface area (Å²) >= 11 is 3.40. The first-order valence-corrected chi connectivity index (χ1v) is 5.79. The van der Waals surface area contributed by atoms with Crippen molar-refractivity contribution in [2.24, 2.45) is 0 Å². The van der Waals surface area contributed by atoms with Crippen LogP contribution < -0.4 is 0 Å². The summed E-state index contributed by atoms with van der Waals surface area (Å²) in [6.45, 7) is 2.60. The summed E-state index contributed by atoms with van der Waals surface area (Å²) < 4.78 is 6.12. The van der Waals surface area contributed by atoms with Gasteiger partial charge in [0.15, 0.2) is 0 Å². The Bertz CT molecular complexity index is 525. The normalized spacial score (nSPS) is 11.1. The third kappa shape index (κ3) is 2.58. The van der Waals surface area contributed by atoms with Gasteiger partial charge >= 0.3 is 0 Å². The second-order valence-corrected chi connectivity index (χ2v) is 4.10. The van der Waals surface area contributed by atoms with Crippen molar-refractivity contribution in [2.45, 2.75) is 6.92 Å². The van der Waals surface area contributed by atoms with Crippen LogP contribution in [0.4, 0.5) is 0 Å². The molecule has 1 aromatic heterocycles. The molecule has 16 heavy (non-hydrogen) atoms. The molecule has 1 heterocycles. The predicted molar refractivity (Wildman–Crippen MR) is 67.9 cm³/mol. The number of rotatable bonds is 3. The van der Waals surface area contributed by atoms with E-state index in [9.17, 15) is 0 Å². The van der Waals surface area contributed by atoms with Gasteiger partial charge in [-0.3, -0.25) is 4.98 Å². The molecule has 4 heteroatoms. The fourth-order valence-electron chi connectivity index (χ4n) is 1.29. The molecule has 82 valence electrons. The van der Waals surface area contributed by atoms with E-state index in [1.54, 1.807) is 18.5 Å². The van der Waals surface area contributed by atoms with Crippen LogP contribution in [0.25, 0.3) is 17.1 Å². The first-order valence-electron chi connectivity index (χ1n) is 5.00. The molecule has 0 aliphatic carbocycles. The van der Waals surface area contributed by atoms with E-state index in [1.807, 2.05) is 25.1 Å². The second-order valence-electron chi connectivity index (χ2n) is 3.19. The maximum absolute atomic E-state index is 5.11. The van der Waals surface area contributed by atoms with Crippen molar-refractivity contribution < 1.29 is 4.74 Å². The smallest absolute Gasteiger partial charge is 0.0898 e. The maximum Gasteiger partial charge on any atom is 0.0898 e. The van der Waals surface area contributed by atoms with Crippen LogP contribution in [0.15, 0.2) is 35.1 Å². The van der Waals surface area contributed by atoms with Gasteiger partial charge in [-0.25, -0.2) is 4.98 Å². The number of fused-ring (bicyclic) bond motifs is 1.